The Morgan fingerprint density at radius 2 is 1.78 bits per heavy atom. The highest BCUT2D eigenvalue weighted by Gasteiger charge is 2.16. The molecule has 0 spiro atoms. The van der Waals surface area contributed by atoms with Crippen LogP contribution in [0.5, 0.6) is 0 Å². The van der Waals surface area contributed by atoms with Crippen LogP contribution < -0.4 is 0 Å². The first-order chi connectivity index (χ1) is 8.39. The van der Waals surface area contributed by atoms with Gasteiger partial charge in [0.15, 0.2) is 5.82 Å². The molecule has 0 unspecified atom stereocenters. The van der Waals surface area contributed by atoms with Crippen LogP contribution in [0.1, 0.15) is 42.5 Å². The summed E-state index contributed by atoms with van der Waals surface area (Å²) in [6.45, 7) is 6.47. The van der Waals surface area contributed by atoms with Crippen molar-refractivity contribution in [2.45, 2.75) is 26.2 Å². The molecule has 0 atom stereocenters. The van der Waals surface area contributed by atoms with E-state index in [1.54, 1.807) is 17.0 Å². The van der Waals surface area contributed by atoms with Crippen LogP contribution in [0.15, 0.2) is 36.7 Å². The fraction of sp³-hybridized carbons (Fsp3) is 0.333. The molecule has 0 N–H and O–H groups in total. The second-order valence-electron chi connectivity index (χ2n) is 5.52. The van der Waals surface area contributed by atoms with Crippen LogP contribution >= 0.6 is 0 Å². The molecule has 0 saturated carbocycles. The van der Waals surface area contributed by atoms with Crippen molar-refractivity contribution in [1.82, 2.24) is 9.55 Å². The van der Waals surface area contributed by atoms with Crippen LogP contribution in [-0.2, 0) is 12.5 Å². The van der Waals surface area contributed by atoms with Gasteiger partial charge in [-0.2, -0.15) is 0 Å². The van der Waals surface area contributed by atoms with E-state index < -0.39 is 0 Å². The van der Waals surface area contributed by atoms with E-state index in [1.165, 1.54) is 5.56 Å². The molecule has 0 saturated heterocycles. The zero-order chi connectivity index (χ0) is 13.3. The lowest BCUT2D eigenvalue weighted by molar-refractivity contribution is 0.102. The molecule has 0 aliphatic rings. The van der Waals surface area contributed by atoms with Gasteiger partial charge in [-0.25, -0.2) is 4.98 Å². The summed E-state index contributed by atoms with van der Waals surface area (Å²) >= 11 is 0. The quantitative estimate of drug-likeness (QED) is 0.759. The van der Waals surface area contributed by atoms with Gasteiger partial charge in [-0.05, 0) is 11.0 Å². The van der Waals surface area contributed by atoms with Crippen molar-refractivity contribution in [2.75, 3.05) is 0 Å². The second-order valence-corrected chi connectivity index (χ2v) is 5.52. The molecule has 0 aliphatic heterocycles. The van der Waals surface area contributed by atoms with Gasteiger partial charge in [0, 0.05) is 25.0 Å². The highest BCUT2D eigenvalue weighted by Crippen LogP contribution is 2.22. The van der Waals surface area contributed by atoms with Gasteiger partial charge in [0.1, 0.15) is 0 Å². The molecular weight excluding hydrogens is 224 g/mol. The molecule has 18 heavy (non-hydrogen) atoms. The van der Waals surface area contributed by atoms with Crippen molar-refractivity contribution in [1.29, 1.82) is 0 Å². The van der Waals surface area contributed by atoms with Crippen molar-refractivity contribution in [3.63, 3.8) is 0 Å². The van der Waals surface area contributed by atoms with Gasteiger partial charge in [0.25, 0.3) is 0 Å². The fourth-order valence-electron chi connectivity index (χ4n) is 1.84. The number of rotatable bonds is 2. The predicted molar refractivity (Wildman–Crippen MR) is 71.8 cm³/mol. The van der Waals surface area contributed by atoms with Gasteiger partial charge >= 0.3 is 0 Å². The normalized spacial score (nSPS) is 11.6. The van der Waals surface area contributed by atoms with Crippen LogP contribution in [0.4, 0.5) is 0 Å². The van der Waals surface area contributed by atoms with E-state index in [-0.39, 0.29) is 11.2 Å². The highest BCUT2D eigenvalue weighted by molar-refractivity contribution is 6.06. The first-order valence-corrected chi connectivity index (χ1v) is 6.02. The van der Waals surface area contributed by atoms with E-state index in [0.29, 0.717) is 11.4 Å². The lowest BCUT2D eigenvalue weighted by atomic mass is 9.86. The Bertz CT molecular complexity index is 559. The molecule has 1 heterocycles. The molecule has 1 aromatic heterocycles. The fourth-order valence-corrected chi connectivity index (χ4v) is 1.84. The Morgan fingerprint density at radius 1 is 1.17 bits per heavy atom. The number of nitrogens with zero attached hydrogens (tertiary/aromatic N) is 2. The zero-order valence-electron chi connectivity index (χ0n) is 11.3. The van der Waals surface area contributed by atoms with Gasteiger partial charge in [-0.3, -0.25) is 4.79 Å². The van der Waals surface area contributed by atoms with Crippen LogP contribution in [0.3, 0.4) is 0 Å². The maximum absolute atomic E-state index is 12.2. The molecule has 0 bridgehead atoms. The van der Waals surface area contributed by atoms with Crippen molar-refractivity contribution in [3.8, 4) is 0 Å². The summed E-state index contributed by atoms with van der Waals surface area (Å²) in [5.74, 6) is 0.432. The average molecular weight is 242 g/mol. The van der Waals surface area contributed by atoms with Crippen LogP contribution in [0.25, 0.3) is 0 Å². The van der Waals surface area contributed by atoms with E-state index in [4.69, 9.17) is 0 Å². The van der Waals surface area contributed by atoms with E-state index in [0.717, 1.165) is 0 Å². The van der Waals surface area contributed by atoms with E-state index >= 15 is 0 Å². The number of hydrogen-bond donors (Lipinski definition) is 0. The van der Waals surface area contributed by atoms with Crippen molar-refractivity contribution in [3.05, 3.63) is 53.6 Å². The standard InChI is InChI=1S/C15H18N2O/c1-15(2,3)12-7-5-11(6-8-12)13(18)14-16-9-10-17(14)4/h5-10H,1-4H3. The van der Waals surface area contributed by atoms with Crippen molar-refractivity contribution >= 4 is 5.78 Å². The number of aryl methyl sites for hydroxylation is 1. The Kier molecular flexibility index (Phi) is 3.07. The second kappa shape index (κ2) is 4.41. The van der Waals surface area contributed by atoms with Gasteiger partial charge in [-0.1, -0.05) is 45.0 Å². The Morgan fingerprint density at radius 3 is 2.22 bits per heavy atom. The molecule has 0 fully saturated rings. The van der Waals surface area contributed by atoms with Crippen LogP contribution in [0.2, 0.25) is 0 Å². The van der Waals surface area contributed by atoms with Gasteiger partial charge in [-0.15, -0.1) is 0 Å². The van der Waals surface area contributed by atoms with E-state index in [1.807, 2.05) is 31.3 Å². The van der Waals surface area contributed by atoms with Crippen LogP contribution in [-0.4, -0.2) is 15.3 Å². The summed E-state index contributed by atoms with van der Waals surface area (Å²) in [7, 11) is 1.82. The molecule has 0 aliphatic carbocycles. The molecule has 1 aromatic carbocycles. The Labute approximate surface area is 107 Å². The lowest BCUT2D eigenvalue weighted by Crippen LogP contribution is -2.12. The third-order valence-corrected chi connectivity index (χ3v) is 3.04. The monoisotopic (exact) mass is 242 g/mol. The summed E-state index contributed by atoms with van der Waals surface area (Å²) in [5.41, 5.74) is 2.00. The molecule has 94 valence electrons. The molecule has 0 radical (unpaired) electrons. The first kappa shape index (κ1) is 12.6. The number of benzene rings is 1. The number of imidazole rings is 1. The largest absolute Gasteiger partial charge is 0.331 e. The SMILES string of the molecule is Cn1ccnc1C(=O)c1ccc(C(C)(C)C)cc1. The summed E-state index contributed by atoms with van der Waals surface area (Å²) in [6, 6.07) is 7.77. The minimum atomic E-state index is -0.0389. The summed E-state index contributed by atoms with van der Waals surface area (Å²) < 4.78 is 1.74. The van der Waals surface area contributed by atoms with E-state index in [2.05, 4.69) is 25.8 Å². The Hall–Kier alpha value is -1.90. The smallest absolute Gasteiger partial charge is 0.228 e. The molecule has 3 nitrogen and oxygen atoms in total. The number of carbonyl (C=O) groups excluding carboxylic acids is 1. The number of ketones is 1. The van der Waals surface area contributed by atoms with Gasteiger partial charge in [0.2, 0.25) is 5.78 Å². The molecule has 3 heteroatoms. The van der Waals surface area contributed by atoms with Gasteiger partial charge in [0.05, 0.1) is 0 Å². The van der Waals surface area contributed by atoms with Gasteiger partial charge < -0.3 is 4.57 Å². The summed E-state index contributed by atoms with van der Waals surface area (Å²) in [6.07, 6.45) is 3.41. The average Bonchev–Trinajstić information content (AvgIpc) is 2.73. The minimum Gasteiger partial charge on any atom is -0.331 e. The van der Waals surface area contributed by atoms with Crippen molar-refractivity contribution < 1.29 is 4.79 Å². The third-order valence-electron chi connectivity index (χ3n) is 3.04. The zero-order valence-corrected chi connectivity index (χ0v) is 11.3. The Balaban J connectivity index is 2.31. The predicted octanol–water partition coefficient (Wildman–Crippen LogP) is 2.95. The molecule has 0 amide bonds. The van der Waals surface area contributed by atoms with Crippen molar-refractivity contribution in [2.24, 2.45) is 7.05 Å². The summed E-state index contributed by atoms with van der Waals surface area (Å²) in [5, 5.41) is 0. The highest BCUT2D eigenvalue weighted by atomic mass is 16.1. The maximum atomic E-state index is 12.2. The first-order valence-electron chi connectivity index (χ1n) is 6.02. The van der Waals surface area contributed by atoms with Crippen LogP contribution in [0, 0.1) is 0 Å². The maximum Gasteiger partial charge on any atom is 0.228 e. The molecular formula is C15H18N2O. The molecule has 2 aromatic rings. The topological polar surface area (TPSA) is 34.9 Å². The third kappa shape index (κ3) is 2.35. The number of hydrogen-bond acceptors (Lipinski definition) is 2. The number of carbonyl (C=O) groups is 1. The molecule has 2 rings (SSSR count). The minimum absolute atomic E-state index is 0.0389. The number of aromatic nitrogens is 2. The lowest BCUT2D eigenvalue weighted by Gasteiger charge is -2.18. The summed E-state index contributed by atoms with van der Waals surface area (Å²) in [4.78, 5) is 16.3. The van der Waals surface area contributed by atoms with E-state index in [9.17, 15) is 4.79 Å².